The molecule has 2 atom stereocenters. The first-order chi connectivity index (χ1) is 7.25. The predicted octanol–water partition coefficient (Wildman–Crippen LogP) is 1.93. The van der Waals surface area contributed by atoms with Gasteiger partial charge < -0.3 is 9.84 Å². The second kappa shape index (κ2) is 5.05. The van der Waals surface area contributed by atoms with Crippen LogP contribution in [-0.2, 0) is 11.2 Å². The molecule has 1 fully saturated rings. The van der Waals surface area contributed by atoms with Crippen LogP contribution in [0.3, 0.4) is 0 Å². The Morgan fingerprint density at radius 1 is 1.60 bits per heavy atom. The van der Waals surface area contributed by atoms with Crippen molar-refractivity contribution in [2.45, 2.75) is 31.5 Å². The smallest absolute Gasteiger partial charge is 0.0842 e. The fraction of sp³-hybridized carbons (Fsp3) is 0.545. The van der Waals surface area contributed by atoms with Gasteiger partial charge in [-0.3, -0.25) is 4.98 Å². The molecule has 2 unspecified atom stereocenters. The van der Waals surface area contributed by atoms with Gasteiger partial charge in [-0.2, -0.15) is 0 Å². The number of hydrogen-bond acceptors (Lipinski definition) is 3. The third kappa shape index (κ3) is 3.00. The van der Waals surface area contributed by atoms with Crippen LogP contribution in [0.4, 0.5) is 0 Å². The van der Waals surface area contributed by atoms with Gasteiger partial charge >= 0.3 is 0 Å². The first-order valence-corrected chi connectivity index (χ1v) is 5.94. The quantitative estimate of drug-likeness (QED) is 0.914. The SMILES string of the molecule is OC(Cc1cncc(Br)c1)C1CCCO1. The molecule has 1 aliphatic rings. The molecule has 82 valence electrons. The average Bonchev–Trinajstić information content (AvgIpc) is 2.70. The topological polar surface area (TPSA) is 42.4 Å². The van der Waals surface area contributed by atoms with Crippen molar-refractivity contribution in [3.05, 3.63) is 28.5 Å². The van der Waals surface area contributed by atoms with E-state index in [2.05, 4.69) is 20.9 Å². The van der Waals surface area contributed by atoms with Crippen molar-refractivity contribution in [1.82, 2.24) is 4.98 Å². The lowest BCUT2D eigenvalue weighted by Gasteiger charge is -2.17. The number of rotatable bonds is 3. The van der Waals surface area contributed by atoms with Gasteiger partial charge in [-0.05, 0) is 40.4 Å². The molecule has 2 rings (SSSR count). The maximum atomic E-state index is 9.93. The van der Waals surface area contributed by atoms with E-state index in [1.54, 1.807) is 12.4 Å². The Bertz CT molecular complexity index is 326. The number of aromatic nitrogens is 1. The number of aliphatic hydroxyl groups excluding tert-OH is 1. The minimum atomic E-state index is -0.413. The molecule has 0 bridgehead atoms. The van der Waals surface area contributed by atoms with Crippen LogP contribution < -0.4 is 0 Å². The van der Waals surface area contributed by atoms with E-state index in [1.807, 2.05) is 6.07 Å². The zero-order valence-corrected chi connectivity index (χ0v) is 9.98. The lowest BCUT2D eigenvalue weighted by Crippen LogP contribution is -2.27. The van der Waals surface area contributed by atoms with Crippen LogP contribution in [0.2, 0.25) is 0 Å². The van der Waals surface area contributed by atoms with E-state index in [1.165, 1.54) is 0 Å². The summed E-state index contributed by atoms with van der Waals surface area (Å²) in [5.74, 6) is 0. The third-order valence-electron chi connectivity index (χ3n) is 2.60. The van der Waals surface area contributed by atoms with E-state index in [0.717, 1.165) is 29.5 Å². The first kappa shape index (κ1) is 11.0. The zero-order valence-electron chi connectivity index (χ0n) is 8.40. The number of ether oxygens (including phenoxy) is 1. The van der Waals surface area contributed by atoms with Crippen molar-refractivity contribution in [1.29, 1.82) is 0 Å². The standard InChI is InChI=1S/C11H14BrNO2/c12-9-4-8(6-13-7-9)5-10(14)11-2-1-3-15-11/h4,6-7,10-11,14H,1-3,5H2. The van der Waals surface area contributed by atoms with Crippen LogP contribution in [0.1, 0.15) is 18.4 Å². The fourth-order valence-electron chi connectivity index (χ4n) is 1.85. The number of halogens is 1. The minimum Gasteiger partial charge on any atom is -0.390 e. The van der Waals surface area contributed by atoms with Gasteiger partial charge in [0.2, 0.25) is 0 Å². The highest BCUT2D eigenvalue weighted by atomic mass is 79.9. The van der Waals surface area contributed by atoms with Gasteiger partial charge in [0.25, 0.3) is 0 Å². The van der Waals surface area contributed by atoms with E-state index in [9.17, 15) is 5.11 Å². The number of aliphatic hydroxyl groups is 1. The summed E-state index contributed by atoms with van der Waals surface area (Å²) in [6.45, 7) is 0.776. The monoisotopic (exact) mass is 271 g/mol. The van der Waals surface area contributed by atoms with E-state index in [4.69, 9.17) is 4.74 Å². The molecular formula is C11H14BrNO2. The molecule has 1 aliphatic heterocycles. The summed E-state index contributed by atoms with van der Waals surface area (Å²) in [6, 6.07) is 1.98. The Balaban J connectivity index is 1.95. The molecule has 4 heteroatoms. The molecule has 15 heavy (non-hydrogen) atoms. The van der Waals surface area contributed by atoms with Gasteiger partial charge in [-0.1, -0.05) is 0 Å². The molecular weight excluding hydrogens is 258 g/mol. The molecule has 0 aliphatic carbocycles. The van der Waals surface area contributed by atoms with E-state index in [0.29, 0.717) is 6.42 Å². The molecule has 0 radical (unpaired) electrons. The summed E-state index contributed by atoms with van der Waals surface area (Å²) in [5.41, 5.74) is 1.03. The van der Waals surface area contributed by atoms with Crippen molar-refractivity contribution in [2.75, 3.05) is 6.61 Å². The van der Waals surface area contributed by atoms with Crippen LogP contribution in [0, 0.1) is 0 Å². The van der Waals surface area contributed by atoms with Crippen LogP contribution in [0.15, 0.2) is 22.9 Å². The number of hydrogen-bond donors (Lipinski definition) is 1. The van der Waals surface area contributed by atoms with Crippen LogP contribution in [0.5, 0.6) is 0 Å². The van der Waals surface area contributed by atoms with Crippen molar-refractivity contribution < 1.29 is 9.84 Å². The lowest BCUT2D eigenvalue weighted by atomic mass is 10.0. The van der Waals surface area contributed by atoms with Crippen LogP contribution in [-0.4, -0.2) is 28.9 Å². The third-order valence-corrected chi connectivity index (χ3v) is 3.03. The Hall–Kier alpha value is -0.450. The van der Waals surface area contributed by atoms with Crippen LogP contribution >= 0.6 is 15.9 Å². The van der Waals surface area contributed by atoms with Crippen molar-refractivity contribution in [2.24, 2.45) is 0 Å². The Morgan fingerprint density at radius 2 is 2.47 bits per heavy atom. The number of pyridine rings is 1. The second-order valence-corrected chi connectivity index (χ2v) is 4.75. The van der Waals surface area contributed by atoms with Crippen molar-refractivity contribution >= 4 is 15.9 Å². The molecule has 0 aromatic carbocycles. The minimum absolute atomic E-state index is 0.00369. The Kier molecular flexibility index (Phi) is 3.72. The van der Waals surface area contributed by atoms with Gasteiger partial charge in [-0.25, -0.2) is 0 Å². The molecule has 2 heterocycles. The van der Waals surface area contributed by atoms with Crippen molar-refractivity contribution in [3.8, 4) is 0 Å². The van der Waals surface area contributed by atoms with Gasteiger partial charge in [0.15, 0.2) is 0 Å². The highest BCUT2D eigenvalue weighted by molar-refractivity contribution is 9.10. The molecule has 0 saturated carbocycles. The molecule has 1 aromatic heterocycles. The van der Waals surface area contributed by atoms with Gasteiger partial charge in [0, 0.05) is 29.9 Å². The highest BCUT2D eigenvalue weighted by Gasteiger charge is 2.24. The lowest BCUT2D eigenvalue weighted by molar-refractivity contribution is -0.000811. The van der Waals surface area contributed by atoms with E-state index >= 15 is 0 Å². The normalized spacial score (nSPS) is 22.9. The molecule has 0 amide bonds. The maximum Gasteiger partial charge on any atom is 0.0842 e. The maximum absolute atomic E-state index is 9.93. The molecule has 1 N–H and O–H groups in total. The summed E-state index contributed by atoms with van der Waals surface area (Å²) in [4.78, 5) is 4.07. The summed E-state index contributed by atoms with van der Waals surface area (Å²) in [6.07, 6.45) is 5.73. The Labute approximate surface area is 97.6 Å². The Morgan fingerprint density at radius 3 is 3.13 bits per heavy atom. The summed E-state index contributed by atoms with van der Waals surface area (Å²) >= 11 is 3.36. The largest absolute Gasteiger partial charge is 0.390 e. The zero-order chi connectivity index (χ0) is 10.7. The molecule has 0 spiro atoms. The average molecular weight is 272 g/mol. The molecule has 1 saturated heterocycles. The van der Waals surface area contributed by atoms with Crippen molar-refractivity contribution in [3.63, 3.8) is 0 Å². The summed E-state index contributed by atoms with van der Waals surface area (Å²) in [7, 11) is 0. The van der Waals surface area contributed by atoms with Gasteiger partial charge in [-0.15, -0.1) is 0 Å². The highest BCUT2D eigenvalue weighted by Crippen LogP contribution is 2.19. The van der Waals surface area contributed by atoms with Gasteiger partial charge in [0.05, 0.1) is 12.2 Å². The molecule has 3 nitrogen and oxygen atoms in total. The summed E-state index contributed by atoms with van der Waals surface area (Å²) < 4.78 is 6.38. The first-order valence-electron chi connectivity index (χ1n) is 5.15. The van der Waals surface area contributed by atoms with E-state index in [-0.39, 0.29) is 6.10 Å². The fourth-order valence-corrected chi connectivity index (χ4v) is 2.26. The predicted molar refractivity (Wildman–Crippen MR) is 60.6 cm³/mol. The summed E-state index contributed by atoms with van der Waals surface area (Å²) in [5, 5.41) is 9.93. The van der Waals surface area contributed by atoms with E-state index < -0.39 is 6.10 Å². The molecule has 1 aromatic rings. The second-order valence-electron chi connectivity index (χ2n) is 3.83. The number of nitrogens with zero attached hydrogens (tertiary/aromatic N) is 1. The van der Waals surface area contributed by atoms with Crippen LogP contribution in [0.25, 0.3) is 0 Å². The van der Waals surface area contributed by atoms with Gasteiger partial charge in [0.1, 0.15) is 0 Å².